The lowest BCUT2D eigenvalue weighted by atomic mass is 9.80. The number of aliphatic hydroxyl groups is 1. The molecule has 240 valence electrons. The van der Waals surface area contributed by atoms with Crippen LogP contribution in [0.1, 0.15) is 56.6 Å². The Bertz CT molecular complexity index is 1520. The molecule has 3 heterocycles. The van der Waals surface area contributed by atoms with Crippen LogP contribution in [0.5, 0.6) is 5.75 Å². The number of hydrogen-bond donors (Lipinski definition) is 1. The Morgan fingerprint density at radius 1 is 0.956 bits per heavy atom. The number of nitrogens with zero attached hydrogens (tertiary/aromatic N) is 1. The van der Waals surface area contributed by atoms with Crippen molar-refractivity contribution >= 4 is 22.7 Å². The third-order valence-corrected chi connectivity index (χ3v) is 10.7. The number of halogens is 1. The van der Waals surface area contributed by atoms with E-state index in [0.29, 0.717) is 17.9 Å². The fraction of sp³-hybridized carbons (Fsp3) is 0.500. The van der Waals surface area contributed by atoms with Crippen molar-refractivity contribution in [2.75, 3.05) is 20.3 Å². The second kappa shape index (κ2) is 12.7. The van der Waals surface area contributed by atoms with E-state index in [9.17, 15) is 14.7 Å². The Kier molecular flexibility index (Phi) is 9.00. The highest BCUT2D eigenvalue weighted by atomic mass is 79.9. The van der Waals surface area contributed by atoms with Gasteiger partial charge in [0.05, 0.1) is 13.7 Å². The summed E-state index contributed by atoms with van der Waals surface area (Å²) in [6, 6.07) is 22.2. The first kappa shape index (κ1) is 32.0. The normalized spacial score (nSPS) is 29.7. The van der Waals surface area contributed by atoms with E-state index in [1.54, 1.807) is 6.92 Å². The number of quaternary nitrogens is 1. The summed E-state index contributed by atoms with van der Waals surface area (Å²) >= 11 is 0. The molecule has 4 aliphatic rings. The zero-order valence-corrected chi connectivity index (χ0v) is 27.5. The molecule has 3 aromatic carbocycles. The van der Waals surface area contributed by atoms with E-state index in [1.165, 1.54) is 5.56 Å². The van der Waals surface area contributed by atoms with Crippen molar-refractivity contribution in [1.29, 1.82) is 0 Å². The van der Waals surface area contributed by atoms with Crippen LogP contribution in [0.15, 0.2) is 66.7 Å². The lowest BCUT2D eigenvalue weighted by molar-refractivity contribution is -0.968. The van der Waals surface area contributed by atoms with Gasteiger partial charge in [-0.05, 0) is 54.3 Å². The molecular formula is C36H42BrNO7. The third-order valence-electron chi connectivity index (χ3n) is 10.7. The van der Waals surface area contributed by atoms with Gasteiger partial charge in [-0.2, -0.15) is 0 Å². The summed E-state index contributed by atoms with van der Waals surface area (Å²) in [6.45, 7) is 2.86. The third kappa shape index (κ3) is 5.88. The number of benzene rings is 3. The molecule has 3 saturated heterocycles. The first-order chi connectivity index (χ1) is 21.3. The Morgan fingerprint density at radius 2 is 1.62 bits per heavy atom. The van der Waals surface area contributed by atoms with E-state index >= 15 is 0 Å². The Morgan fingerprint density at radius 3 is 2.31 bits per heavy atom. The number of epoxide rings is 1. The van der Waals surface area contributed by atoms with Gasteiger partial charge in [-0.1, -0.05) is 61.4 Å². The molecule has 1 saturated carbocycles. The lowest BCUT2D eigenvalue weighted by Crippen LogP contribution is -3.00. The lowest BCUT2D eigenvalue weighted by Gasteiger charge is -2.48. The van der Waals surface area contributed by atoms with Gasteiger partial charge in [-0.15, -0.1) is 0 Å². The van der Waals surface area contributed by atoms with Gasteiger partial charge >= 0.3 is 11.9 Å². The van der Waals surface area contributed by atoms with Gasteiger partial charge in [0.25, 0.3) is 0 Å². The van der Waals surface area contributed by atoms with Gasteiger partial charge < -0.3 is 45.5 Å². The van der Waals surface area contributed by atoms with E-state index in [4.69, 9.17) is 18.9 Å². The monoisotopic (exact) mass is 679 g/mol. The molecular weight excluding hydrogens is 638 g/mol. The van der Waals surface area contributed by atoms with Crippen LogP contribution in [0.2, 0.25) is 0 Å². The van der Waals surface area contributed by atoms with E-state index in [2.05, 4.69) is 25.2 Å². The molecule has 0 aromatic heterocycles. The van der Waals surface area contributed by atoms with Crippen LogP contribution in [0.4, 0.5) is 0 Å². The molecule has 5 atom stereocenters. The summed E-state index contributed by atoms with van der Waals surface area (Å²) in [5.74, 6) is -0.360. The Hall–Kier alpha value is -2.98. The largest absolute Gasteiger partial charge is 1.00 e. The highest BCUT2D eigenvalue weighted by molar-refractivity contribution is 5.84. The van der Waals surface area contributed by atoms with Crippen molar-refractivity contribution in [3.8, 4) is 5.75 Å². The van der Waals surface area contributed by atoms with E-state index in [0.717, 1.165) is 60.3 Å². The fourth-order valence-corrected chi connectivity index (χ4v) is 8.39. The first-order valence-electron chi connectivity index (χ1n) is 16.1. The minimum atomic E-state index is -1.61. The maximum atomic E-state index is 13.8. The van der Waals surface area contributed by atoms with Gasteiger partial charge in [-0.3, -0.25) is 0 Å². The standard InChI is InChI=1S/C36H42NO7.BrH/c1-3-41-32(38)22-42-28-16-15-24-17-23(13-14-25(24)18-28)21-37(2)30-19-29(20-31(37)34-33(30)44-34)43-35(39)36(40,27-11-7-8-12-27)26-9-5-4-6-10-26;/h4-6,9-10,13-18,27,29-31,33-34,40H,3,7-8,11-12,19-22H2,1-2H3;1H/q+1;/p-1. The number of carbonyl (C=O) groups excluding carboxylic acids is 2. The highest BCUT2D eigenvalue weighted by Gasteiger charge is 2.72. The summed E-state index contributed by atoms with van der Waals surface area (Å²) in [4.78, 5) is 25.5. The van der Waals surface area contributed by atoms with Crippen LogP contribution in [0, 0.1) is 5.92 Å². The van der Waals surface area contributed by atoms with Crippen molar-refractivity contribution in [3.05, 3.63) is 77.9 Å². The van der Waals surface area contributed by atoms with Crippen molar-refractivity contribution in [1.82, 2.24) is 0 Å². The molecule has 45 heavy (non-hydrogen) atoms. The predicted molar refractivity (Wildman–Crippen MR) is 164 cm³/mol. The van der Waals surface area contributed by atoms with Crippen LogP contribution < -0.4 is 21.7 Å². The predicted octanol–water partition coefficient (Wildman–Crippen LogP) is 2.03. The average Bonchev–Trinajstić information content (AvgIpc) is 3.58. The average molecular weight is 681 g/mol. The van der Waals surface area contributed by atoms with Crippen LogP contribution in [0.25, 0.3) is 10.8 Å². The minimum Gasteiger partial charge on any atom is -1.00 e. The molecule has 0 radical (unpaired) electrons. The number of carbonyl (C=O) groups is 2. The van der Waals surface area contributed by atoms with Crippen LogP contribution in [-0.2, 0) is 35.9 Å². The van der Waals surface area contributed by atoms with E-state index in [-0.39, 0.29) is 65.9 Å². The molecule has 0 amide bonds. The van der Waals surface area contributed by atoms with E-state index < -0.39 is 11.6 Å². The molecule has 2 bridgehead atoms. The molecule has 1 aliphatic carbocycles. The first-order valence-corrected chi connectivity index (χ1v) is 16.1. The van der Waals surface area contributed by atoms with Gasteiger partial charge in [0.1, 0.15) is 42.7 Å². The van der Waals surface area contributed by atoms with Crippen molar-refractivity contribution in [3.63, 3.8) is 0 Å². The molecule has 8 nitrogen and oxygen atoms in total. The molecule has 5 unspecified atom stereocenters. The van der Waals surface area contributed by atoms with Gasteiger partial charge in [0, 0.05) is 24.3 Å². The summed E-state index contributed by atoms with van der Waals surface area (Å²) in [7, 11) is 2.32. The van der Waals surface area contributed by atoms with Crippen LogP contribution >= 0.6 is 0 Å². The Balaban J connectivity index is 0.00000357. The zero-order valence-electron chi connectivity index (χ0n) is 25.9. The fourth-order valence-electron chi connectivity index (χ4n) is 8.39. The highest BCUT2D eigenvalue weighted by Crippen LogP contribution is 2.54. The topological polar surface area (TPSA) is 94.6 Å². The van der Waals surface area contributed by atoms with Crippen molar-refractivity contribution in [2.24, 2.45) is 5.92 Å². The number of hydrogen-bond acceptors (Lipinski definition) is 7. The maximum absolute atomic E-state index is 13.8. The molecule has 3 aliphatic heterocycles. The van der Waals surface area contributed by atoms with Crippen LogP contribution in [0.3, 0.4) is 0 Å². The number of fused-ring (bicyclic) bond motifs is 6. The van der Waals surface area contributed by atoms with Crippen LogP contribution in [-0.4, -0.2) is 72.2 Å². The van der Waals surface area contributed by atoms with Gasteiger partial charge in [0.15, 0.2) is 12.2 Å². The van der Waals surface area contributed by atoms with E-state index in [1.807, 2.05) is 48.5 Å². The maximum Gasteiger partial charge on any atom is 0.344 e. The summed E-state index contributed by atoms with van der Waals surface area (Å²) in [5.41, 5.74) is 0.267. The Labute approximate surface area is 274 Å². The zero-order chi connectivity index (χ0) is 30.5. The quantitative estimate of drug-likeness (QED) is 0.199. The molecule has 4 fully saturated rings. The smallest absolute Gasteiger partial charge is 0.344 e. The molecule has 0 spiro atoms. The second-order valence-electron chi connectivity index (χ2n) is 13.3. The van der Waals surface area contributed by atoms with Crippen molar-refractivity contribution in [2.45, 2.75) is 88.0 Å². The SMILES string of the molecule is CCOC(=O)COc1ccc2cc(C[N+]3(C)C4CC(OC(=O)C(O)(c5ccccc5)C5CCCC5)CC3C3OC34)ccc2c1.[Br-]. The minimum absolute atomic E-state index is 0. The summed E-state index contributed by atoms with van der Waals surface area (Å²) in [5, 5.41) is 14.1. The molecule has 3 aromatic rings. The number of rotatable bonds is 10. The number of likely N-dealkylation sites (N-methyl/N-ethyl adjacent to an activating group) is 1. The molecule has 1 N–H and O–H groups in total. The summed E-state index contributed by atoms with van der Waals surface area (Å²) < 4.78 is 23.8. The van der Waals surface area contributed by atoms with Crippen molar-refractivity contribution < 1.29 is 55.1 Å². The number of morpholine rings is 1. The van der Waals surface area contributed by atoms with Gasteiger partial charge in [0.2, 0.25) is 0 Å². The summed E-state index contributed by atoms with van der Waals surface area (Å²) in [6.07, 6.45) is 5.31. The number of esters is 2. The van der Waals surface area contributed by atoms with Gasteiger partial charge in [-0.25, -0.2) is 9.59 Å². The molecule has 9 heteroatoms. The number of piperidine rings is 1. The number of ether oxygens (including phenoxy) is 4. The second-order valence-corrected chi connectivity index (χ2v) is 13.3. The molecule has 7 rings (SSSR count).